The second kappa shape index (κ2) is 11.1. The van der Waals surface area contributed by atoms with Crippen LogP contribution in [0.15, 0.2) is 47.2 Å². The Balaban J connectivity index is 0.00000220. The summed E-state index contributed by atoms with van der Waals surface area (Å²) in [5.74, 6) is 0.0280. The average molecular weight is 346 g/mol. The topological polar surface area (TPSA) is 72.4 Å². The van der Waals surface area contributed by atoms with E-state index in [0.29, 0.717) is 25.3 Å². The molecule has 0 aliphatic rings. The molecule has 0 unspecified atom stereocenters. The van der Waals surface area contributed by atoms with Crippen LogP contribution >= 0.6 is 24.8 Å². The smallest absolute Gasteiger partial charge is 0.228 e. The van der Waals surface area contributed by atoms with Crippen LogP contribution in [0.1, 0.15) is 11.3 Å². The van der Waals surface area contributed by atoms with Gasteiger partial charge in [0.2, 0.25) is 5.91 Å². The fraction of sp³-hybridized carbons (Fsp3) is 0.333. The van der Waals surface area contributed by atoms with E-state index in [1.807, 2.05) is 18.2 Å². The van der Waals surface area contributed by atoms with Gasteiger partial charge in [-0.3, -0.25) is 4.79 Å². The van der Waals surface area contributed by atoms with E-state index in [4.69, 9.17) is 10.3 Å². The largest absolute Gasteiger partial charge is 0.364 e. The molecule has 2 N–H and O–H groups in total. The van der Waals surface area contributed by atoms with Gasteiger partial charge in [0.1, 0.15) is 6.26 Å². The van der Waals surface area contributed by atoms with E-state index in [1.54, 1.807) is 11.0 Å². The van der Waals surface area contributed by atoms with Crippen molar-refractivity contribution < 1.29 is 9.32 Å². The summed E-state index contributed by atoms with van der Waals surface area (Å²) in [5.41, 5.74) is 7.44. The van der Waals surface area contributed by atoms with Gasteiger partial charge in [-0.15, -0.1) is 24.8 Å². The molecule has 122 valence electrons. The Labute approximate surface area is 142 Å². The minimum Gasteiger partial charge on any atom is -0.364 e. The summed E-state index contributed by atoms with van der Waals surface area (Å²) < 4.78 is 4.74. The van der Waals surface area contributed by atoms with E-state index in [2.05, 4.69) is 17.3 Å². The molecule has 1 aromatic carbocycles. The van der Waals surface area contributed by atoms with Crippen LogP contribution in [0.4, 0.5) is 0 Å². The van der Waals surface area contributed by atoms with Crippen molar-refractivity contribution in [2.75, 3.05) is 19.6 Å². The number of aromatic nitrogens is 1. The van der Waals surface area contributed by atoms with Crippen LogP contribution in [0.2, 0.25) is 0 Å². The molecule has 1 amide bonds. The highest BCUT2D eigenvalue weighted by Gasteiger charge is 2.14. The van der Waals surface area contributed by atoms with Crippen LogP contribution < -0.4 is 5.73 Å². The maximum atomic E-state index is 12.2. The summed E-state index contributed by atoms with van der Waals surface area (Å²) in [6, 6.07) is 11.8. The molecule has 0 aliphatic heterocycles. The average Bonchev–Trinajstić information content (AvgIpc) is 2.97. The van der Waals surface area contributed by atoms with Crippen LogP contribution in [-0.4, -0.2) is 35.6 Å². The predicted octanol–water partition coefficient (Wildman–Crippen LogP) is 2.09. The third kappa shape index (κ3) is 6.47. The molecule has 5 nitrogen and oxygen atoms in total. The number of nitrogens with zero attached hydrogens (tertiary/aromatic N) is 2. The Morgan fingerprint density at radius 2 is 1.86 bits per heavy atom. The molecule has 2 rings (SSSR count). The fourth-order valence-corrected chi connectivity index (χ4v) is 2.02. The first-order chi connectivity index (χ1) is 9.79. The monoisotopic (exact) mass is 345 g/mol. The van der Waals surface area contributed by atoms with Gasteiger partial charge in [0, 0.05) is 25.7 Å². The maximum Gasteiger partial charge on any atom is 0.228 e. The standard InChI is InChI=1S/C15H19N3O2.2ClH/c16-8-10-18(9-6-13-4-2-1-3-5-13)15(19)12-14-7-11-20-17-14;;/h1-5,7,11H,6,8-10,12,16H2;2*1H. The lowest BCUT2D eigenvalue weighted by Gasteiger charge is -2.21. The predicted molar refractivity (Wildman–Crippen MR) is 90.5 cm³/mol. The van der Waals surface area contributed by atoms with Gasteiger partial charge in [0.15, 0.2) is 0 Å². The maximum absolute atomic E-state index is 12.2. The van der Waals surface area contributed by atoms with Crippen LogP contribution in [0.3, 0.4) is 0 Å². The van der Waals surface area contributed by atoms with Gasteiger partial charge in [-0.2, -0.15) is 0 Å². The highest BCUT2D eigenvalue weighted by Crippen LogP contribution is 2.04. The second-order valence-electron chi connectivity index (χ2n) is 4.57. The zero-order valence-corrected chi connectivity index (χ0v) is 13.8. The zero-order valence-electron chi connectivity index (χ0n) is 12.2. The molecule has 7 heteroatoms. The highest BCUT2D eigenvalue weighted by atomic mass is 35.5. The number of benzene rings is 1. The summed E-state index contributed by atoms with van der Waals surface area (Å²) in [5, 5.41) is 3.76. The molecule has 1 aromatic heterocycles. The zero-order chi connectivity index (χ0) is 14.2. The molecule has 22 heavy (non-hydrogen) atoms. The molecule has 2 aromatic rings. The molecule has 1 heterocycles. The Bertz CT molecular complexity index is 521. The SMILES string of the molecule is Cl.Cl.NCCN(CCc1ccccc1)C(=O)Cc1ccon1. The number of hydrogen-bond donors (Lipinski definition) is 1. The molecule has 0 aliphatic carbocycles. The first-order valence-corrected chi connectivity index (χ1v) is 6.70. The van der Waals surface area contributed by atoms with Gasteiger partial charge in [0.05, 0.1) is 12.1 Å². The van der Waals surface area contributed by atoms with Gasteiger partial charge >= 0.3 is 0 Å². The molecule has 0 radical (unpaired) electrons. The summed E-state index contributed by atoms with van der Waals surface area (Å²) in [6.07, 6.45) is 2.55. The first kappa shape index (κ1) is 20.4. The van der Waals surface area contributed by atoms with Crippen molar-refractivity contribution in [2.45, 2.75) is 12.8 Å². The number of hydrogen-bond acceptors (Lipinski definition) is 4. The lowest BCUT2D eigenvalue weighted by Crippen LogP contribution is -2.37. The molecule has 0 saturated carbocycles. The van der Waals surface area contributed by atoms with Crippen LogP contribution in [0, 0.1) is 0 Å². The van der Waals surface area contributed by atoms with Crippen molar-refractivity contribution in [3.05, 3.63) is 53.9 Å². The third-order valence-electron chi connectivity index (χ3n) is 3.09. The molecule has 0 bridgehead atoms. The summed E-state index contributed by atoms with van der Waals surface area (Å²) in [4.78, 5) is 14.0. The Morgan fingerprint density at radius 3 is 2.45 bits per heavy atom. The van der Waals surface area contributed by atoms with Crippen molar-refractivity contribution in [1.82, 2.24) is 10.1 Å². The molecule has 0 saturated heterocycles. The van der Waals surface area contributed by atoms with E-state index in [-0.39, 0.29) is 37.1 Å². The molecular weight excluding hydrogens is 325 g/mol. The molecule has 0 fully saturated rings. The lowest BCUT2D eigenvalue weighted by atomic mass is 10.1. The summed E-state index contributed by atoms with van der Waals surface area (Å²) in [6.45, 7) is 1.68. The van der Waals surface area contributed by atoms with Crippen molar-refractivity contribution in [1.29, 1.82) is 0 Å². The fourth-order valence-electron chi connectivity index (χ4n) is 2.02. The molecular formula is C15H21Cl2N3O2. The van der Waals surface area contributed by atoms with Crippen molar-refractivity contribution >= 4 is 30.7 Å². The van der Waals surface area contributed by atoms with Gasteiger partial charge in [-0.1, -0.05) is 35.5 Å². The first-order valence-electron chi connectivity index (χ1n) is 6.70. The number of carbonyl (C=O) groups excluding carboxylic acids is 1. The van der Waals surface area contributed by atoms with Gasteiger partial charge < -0.3 is 15.2 Å². The lowest BCUT2D eigenvalue weighted by molar-refractivity contribution is -0.130. The van der Waals surface area contributed by atoms with Crippen LogP contribution in [0.25, 0.3) is 0 Å². The number of amides is 1. The number of rotatable bonds is 7. The molecule has 0 atom stereocenters. The molecule has 0 spiro atoms. The van der Waals surface area contributed by atoms with Gasteiger partial charge in [-0.25, -0.2) is 0 Å². The van der Waals surface area contributed by atoms with E-state index in [9.17, 15) is 4.79 Å². The van der Waals surface area contributed by atoms with Crippen molar-refractivity contribution in [3.8, 4) is 0 Å². The minimum atomic E-state index is 0. The van der Waals surface area contributed by atoms with E-state index in [0.717, 1.165) is 6.42 Å². The van der Waals surface area contributed by atoms with Crippen LogP contribution in [0.5, 0.6) is 0 Å². The Kier molecular flexibility index (Phi) is 10.3. The normalized spacial score (nSPS) is 9.50. The van der Waals surface area contributed by atoms with E-state index >= 15 is 0 Å². The van der Waals surface area contributed by atoms with E-state index < -0.39 is 0 Å². The van der Waals surface area contributed by atoms with Crippen molar-refractivity contribution in [2.24, 2.45) is 5.73 Å². The van der Waals surface area contributed by atoms with Crippen molar-refractivity contribution in [3.63, 3.8) is 0 Å². The van der Waals surface area contributed by atoms with E-state index in [1.165, 1.54) is 11.8 Å². The summed E-state index contributed by atoms with van der Waals surface area (Å²) in [7, 11) is 0. The number of nitrogens with two attached hydrogens (primary N) is 1. The van der Waals surface area contributed by atoms with Gasteiger partial charge in [-0.05, 0) is 12.0 Å². The summed E-state index contributed by atoms with van der Waals surface area (Å²) >= 11 is 0. The van der Waals surface area contributed by atoms with Gasteiger partial charge in [0.25, 0.3) is 0 Å². The highest BCUT2D eigenvalue weighted by molar-refractivity contribution is 5.85. The third-order valence-corrected chi connectivity index (χ3v) is 3.09. The Hall–Kier alpha value is -1.56. The quantitative estimate of drug-likeness (QED) is 0.833. The second-order valence-corrected chi connectivity index (χ2v) is 4.57. The number of carbonyl (C=O) groups is 1. The number of halogens is 2. The van der Waals surface area contributed by atoms with Crippen LogP contribution in [-0.2, 0) is 17.6 Å². The minimum absolute atomic E-state index is 0. The Morgan fingerprint density at radius 1 is 1.14 bits per heavy atom.